The van der Waals surface area contributed by atoms with E-state index in [0.717, 1.165) is 8.61 Å². The first kappa shape index (κ1) is 35.5. The molecule has 13 heteroatoms. The number of hydrogen-bond acceptors (Lipinski definition) is 10. The maximum atomic E-state index is 15.0. The van der Waals surface area contributed by atoms with Crippen LogP contribution >= 0.6 is 0 Å². The van der Waals surface area contributed by atoms with E-state index in [4.69, 9.17) is 9.47 Å². The highest BCUT2D eigenvalue weighted by molar-refractivity contribution is 7.86. The van der Waals surface area contributed by atoms with Crippen molar-refractivity contribution in [1.82, 2.24) is 8.61 Å². The van der Waals surface area contributed by atoms with Gasteiger partial charge in [0.15, 0.2) is 0 Å². The van der Waals surface area contributed by atoms with Gasteiger partial charge in [-0.15, -0.1) is 0 Å². The molecular weight excluding hydrogens is 648 g/mol. The van der Waals surface area contributed by atoms with Crippen LogP contribution in [-0.4, -0.2) is 86.6 Å². The molecule has 0 unspecified atom stereocenters. The van der Waals surface area contributed by atoms with Crippen molar-refractivity contribution in [3.63, 3.8) is 0 Å². The summed E-state index contributed by atoms with van der Waals surface area (Å²) in [6, 6.07) is 28.9. The molecule has 12 nitrogen and oxygen atoms in total. The monoisotopic (exact) mass is 688 g/mol. The van der Waals surface area contributed by atoms with Gasteiger partial charge < -0.3 is 30.1 Å². The standard InChI is InChI=1S/C36H40N4O8S/c1-25(37-43)29-13-9-11-27(19-29)21-39-33(23-47-31-15-5-3-6-16-31)35(41)36(42)34(24-48-32-17-7-4-8-18-32)40(49(39,45)46)22-28-12-10-14-30(20-28)26(2)38-44/h3-20,33-36,41-44H,21-24H2,1-2H3/b37-25+,38-26+/t33-,34-,35+,36+/m1/s1. The van der Waals surface area contributed by atoms with E-state index in [0.29, 0.717) is 45.2 Å². The van der Waals surface area contributed by atoms with E-state index in [2.05, 4.69) is 10.3 Å². The van der Waals surface area contributed by atoms with Gasteiger partial charge in [0, 0.05) is 13.1 Å². The number of rotatable bonds is 12. The lowest BCUT2D eigenvalue weighted by molar-refractivity contribution is -0.0565. The summed E-state index contributed by atoms with van der Waals surface area (Å²) < 4.78 is 44.3. The number of oxime groups is 2. The first-order valence-corrected chi connectivity index (χ1v) is 17.1. The second-order valence-corrected chi connectivity index (χ2v) is 13.6. The van der Waals surface area contributed by atoms with Gasteiger partial charge in [0.05, 0.1) is 23.5 Å². The van der Waals surface area contributed by atoms with Crippen LogP contribution in [0.3, 0.4) is 0 Å². The Morgan fingerprint density at radius 3 is 1.39 bits per heavy atom. The lowest BCUT2D eigenvalue weighted by Gasteiger charge is -2.34. The number of hydrogen-bond donors (Lipinski definition) is 4. The van der Waals surface area contributed by atoms with Gasteiger partial charge >= 0.3 is 0 Å². The van der Waals surface area contributed by atoms with E-state index in [1.165, 1.54) is 0 Å². The third-order valence-corrected chi connectivity index (χ3v) is 10.5. The summed E-state index contributed by atoms with van der Waals surface area (Å²) in [6.45, 7) is 2.27. The second-order valence-electron chi connectivity index (χ2n) is 11.7. The summed E-state index contributed by atoms with van der Waals surface area (Å²) in [5.74, 6) is 0.919. The molecule has 1 fully saturated rings. The highest BCUT2D eigenvalue weighted by Crippen LogP contribution is 2.32. The molecule has 4 aromatic rings. The van der Waals surface area contributed by atoms with Crippen LogP contribution in [0.4, 0.5) is 0 Å². The number of aliphatic hydroxyl groups is 2. The van der Waals surface area contributed by atoms with Gasteiger partial charge in [-0.2, -0.15) is 17.0 Å². The number of nitrogens with zero attached hydrogens (tertiary/aromatic N) is 4. The van der Waals surface area contributed by atoms with Crippen molar-refractivity contribution in [3.8, 4) is 11.5 Å². The molecule has 4 atom stereocenters. The van der Waals surface area contributed by atoms with Crippen LogP contribution in [0.1, 0.15) is 36.1 Å². The molecule has 0 radical (unpaired) electrons. The molecule has 1 heterocycles. The van der Waals surface area contributed by atoms with Gasteiger partial charge in [0.1, 0.15) is 36.9 Å². The Bertz CT molecular complexity index is 1730. The van der Waals surface area contributed by atoms with Crippen molar-refractivity contribution >= 4 is 21.6 Å². The van der Waals surface area contributed by atoms with Crippen molar-refractivity contribution in [1.29, 1.82) is 0 Å². The van der Waals surface area contributed by atoms with E-state index in [1.807, 2.05) is 12.1 Å². The summed E-state index contributed by atoms with van der Waals surface area (Å²) in [5, 5.41) is 49.0. The fourth-order valence-corrected chi connectivity index (χ4v) is 7.64. The molecule has 49 heavy (non-hydrogen) atoms. The number of para-hydroxylation sites is 2. The molecule has 1 aliphatic rings. The van der Waals surface area contributed by atoms with Crippen LogP contribution in [0.2, 0.25) is 0 Å². The SMILES string of the molecule is C/C(=N\O)c1cccc(CN2[C@H](COc3ccccc3)[C@H](O)[C@@H](O)[C@@H](COc3ccccc3)N(Cc3cccc(/C(C)=N/O)c3)S2(=O)=O)c1. The van der Waals surface area contributed by atoms with Crippen molar-refractivity contribution < 1.29 is 38.5 Å². The summed E-state index contributed by atoms with van der Waals surface area (Å²) in [4.78, 5) is 0. The average Bonchev–Trinajstić information content (AvgIpc) is 3.18. The Morgan fingerprint density at radius 2 is 1.02 bits per heavy atom. The van der Waals surface area contributed by atoms with Gasteiger partial charge in [0.2, 0.25) is 0 Å². The van der Waals surface area contributed by atoms with Gasteiger partial charge in [-0.1, -0.05) is 83.1 Å². The Hall–Kier alpha value is -4.79. The van der Waals surface area contributed by atoms with E-state index in [9.17, 15) is 20.6 Å². The lowest BCUT2D eigenvalue weighted by Crippen LogP contribution is -2.52. The Kier molecular flexibility index (Phi) is 11.6. The number of aliphatic hydroxyl groups excluding tert-OH is 2. The molecular formula is C36H40N4O8S. The second kappa shape index (κ2) is 16.1. The van der Waals surface area contributed by atoms with Crippen LogP contribution in [0.25, 0.3) is 0 Å². The van der Waals surface area contributed by atoms with Crippen molar-refractivity contribution in [2.24, 2.45) is 10.3 Å². The minimum Gasteiger partial charge on any atom is -0.492 e. The molecule has 0 saturated carbocycles. The van der Waals surface area contributed by atoms with Gasteiger partial charge in [-0.05, 0) is 72.5 Å². The molecule has 0 amide bonds. The zero-order valence-electron chi connectivity index (χ0n) is 27.1. The zero-order valence-corrected chi connectivity index (χ0v) is 28.0. The third kappa shape index (κ3) is 8.45. The fraction of sp³-hybridized carbons (Fsp3) is 0.278. The predicted octanol–water partition coefficient (Wildman–Crippen LogP) is 4.26. The summed E-state index contributed by atoms with van der Waals surface area (Å²) in [5.41, 5.74) is 2.92. The first-order valence-electron chi connectivity index (χ1n) is 15.7. The van der Waals surface area contributed by atoms with Crippen molar-refractivity contribution in [3.05, 3.63) is 131 Å². The summed E-state index contributed by atoms with van der Waals surface area (Å²) in [6.07, 6.45) is -3.21. The minimum atomic E-state index is -4.52. The van der Waals surface area contributed by atoms with Crippen LogP contribution in [0.5, 0.6) is 11.5 Å². The van der Waals surface area contributed by atoms with Crippen LogP contribution < -0.4 is 9.47 Å². The Morgan fingerprint density at radius 1 is 0.633 bits per heavy atom. The quantitative estimate of drug-likeness (QED) is 0.0974. The first-order chi connectivity index (χ1) is 23.6. The summed E-state index contributed by atoms with van der Waals surface area (Å²) in [7, 11) is -4.52. The minimum absolute atomic E-state index is 0.208. The van der Waals surface area contributed by atoms with Gasteiger partial charge in [0.25, 0.3) is 10.2 Å². The maximum absolute atomic E-state index is 15.0. The lowest BCUT2D eigenvalue weighted by atomic mass is 9.98. The highest BCUT2D eigenvalue weighted by atomic mass is 32.2. The van der Waals surface area contributed by atoms with Crippen LogP contribution in [-0.2, 0) is 23.3 Å². The zero-order chi connectivity index (χ0) is 35.0. The maximum Gasteiger partial charge on any atom is 0.283 e. The Labute approximate surface area is 285 Å². The molecule has 0 aliphatic carbocycles. The Balaban J connectivity index is 1.61. The molecule has 4 N–H and O–H groups in total. The molecule has 0 aromatic heterocycles. The van der Waals surface area contributed by atoms with Gasteiger partial charge in [-0.25, -0.2) is 0 Å². The van der Waals surface area contributed by atoms with E-state index in [-0.39, 0.29) is 26.3 Å². The van der Waals surface area contributed by atoms with Gasteiger partial charge in [-0.3, -0.25) is 0 Å². The topological polar surface area (TPSA) is 165 Å². The fourth-order valence-electron chi connectivity index (χ4n) is 5.70. The normalized spacial score (nSPS) is 22.0. The predicted molar refractivity (Wildman–Crippen MR) is 184 cm³/mol. The smallest absolute Gasteiger partial charge is 0.283 e. The third-order valence-electron chi connectivity index (χ3n) is 8.47. The van der Waals surface area contributed by atoms with E-state index < -0.39 is 34.5 Å². The number of ether oxygens (including phenoxy) is 2. The van der Waals surface area contributed by atoms with Crippen LogP contribution in [0, 0.1) is 0 Å². The van der Waals surface area contributed by atoms with E-state index >= 15 is 8.42 Å². The summed E-state index contributed by atoms with van der Waals surface area (Å²) >= 11 is 0. The molecule has 258 valence electrons. The number of benzene rings is 4. The molecule has 0 bridgehead atoms. The van der Waals surface area contributed by atoms with Crippen molar-refractivity contribution in [2.75, 3.05) is 13.2 Å². The molecule has 0 spiro atoms. The molecule has 4 aromatic carbocycles. The average molecular weight is 689 g/mol. The van der Waals surface area contributed by atoms with Crippen molar-refractivity contribution in [2.45, 2.75) is 51.2 Å². The highest BCUT2D eigenvalue weighted by Gasteiger charge is 2.51. The largest absolute Gasteiger partial charge is 0.492 e. The molecule has 5 rings (SSSR count). The molecule has 1 saturated heterocycles. The van der Waals surface area contributed by atoms with Crippen LogP contribution in [0.15, 0.2) is 120 Å². The van der Waals surface area contributed by atoms with E-state index in [1.54, 1.807) is 111 Å². The molecule has 1 aliphatic heterocycles.